The van der Waals surface area contributed by atoms with E-state index < -0.39 is 0 Å². The maximum atomic E-state index is 11.1. The first-order valence-electron chi connectivity index (χ1n) is 7.63. The number of esters is 1. The summed E-state index contributed by atoms with van der Waals surface area (Å²) in [6, 6.07) is 10.9. The van der Waals surface area contributed by atoms with E-state index in [-0.39, 0.29) is 5.97 Å². The fourth-order valence-corrected chi connectivity index (χ4v) is 2.28. The number of hydrogen-bond donors (Lipinski definition) is 1. The zero-order valence-electron chi connectivity index (χ0n) is 12.7. The van der Waals surface area contributed by atoms with E-state index in [1.807, 2.05) is 6.07 Å². The Bertz CT molecular complexity index is 365. The Morgan fingerprint density at radius 2 is 1.95 bits per heavy atom. The quantitative estimate of drug-likeness (QED) is 0.521. The summed E-state index contributed by atoms with van der Waals surface area (Å²) in [7, 11) is 1.44. The summed E-state index contributed by atoms with van der Waals surface area (Å²) < 4.78 is 4.65. The summed E-state index contributed by atoms with van der Waals surface area (Å²) in [5, 5.41) is 3.57. The van der Waals surface area contributed by atoms with Crippen molar-refractivity contribution in [3.8, 4) is 0 Å². The van der Waals surface area contributed by atoms with E-state index in [0.29, 0.717) is 12.5 Å². The van der Waals surface area contributed by atoms with E-state index in [4.69, 9.17) is 0 Å². The van der Waals surface area contributed by atoms with Crippen molar-refractivity contribution in [3.05, 3.63) is 35.9 Å². The number of carbonyl (C=O) groups is 1. The van der Waals surface area contributed by atoms with Crippen LogP contribution in [-0.4, -0.2) is 19.6 Å². The van der Waals surface area contributed by atoms with Crippen molar-refractivity contribution >= 4 is 5.97 Å². The third-order valence-electron chi connectivity index (χ3n) is 3.47. The molecule has 20 heavy (non-hydrogen) atoms. The topological polar surface area (TPSA) is 38.3 Å². The van der Waals surface area contributed by atoms with Crippen LogP contribution in [0.1, 0.15) is 57.1 Å². The van der Waals surface area contributed by atoms with E-state index >= 15 is 0 Å². The Labute approximate surface area is 122 Å². The van der Waals surface area contributed by atoms with Gasteiger partial charge in [-0.25, -0.2) is 0 Å². The highest BCUT2D eigenvalue weighted by molar-refractivity contribution is 5.69. The largest absolute Gasteiger partial charge is 0.469 e. The molecule has 0 radical (unpaired) electrons. The molecular weight excluding hydrogens is 250 g/mol. The summed E-state index contributed by atoms with van der Waals surface area (Å²) in [6.07, 6.45) is 6.21. The molecule has 0 aliphatic rings. The van der Waals surface area contributed by atoms with Crippen molar-refractivity contribution in [2.45, 2.75) is 51.5 Å². The average Bonchev–Trinajstić information content (AvgIpc) is 2.50. The molecule has 0 spiro atoms. The van der Waals surface area contributed by atoms with Gasteiger partial charge in [0, 0.05) is 12.5 Å². The molecule has 1 N–H and O–H groups in total. The molecule has 3 nitrogen and oxygen atoms in total. The molecule has 0 aromatic heterocycles. The van der Waals surface area contributed by atoms with E-state index in [1.54, 1.807) is 0 Å². The number of nitrogens with one attached hydrogen (secondary N) is 1. The predicted octanol–water partition coefficient (Wildman–Crippen LogP) is 3.85. The molecule has 1 atom stereocenters. The Morgan fingerprint density at radius 1 is 1.20 bits per heavy atom. The van der Waals surface area contributed by atoms with Crippen LogP contribution in [0.4, 0.5) is 0 Å². The van der Waals surface area contributed by atoms with Crippen molar-refractivity contribution in [1.29, 1.82) is 0 Å². The van der Waals surface area contributed by atoms with E-state index in [2.05, 4.69) is 41.2 Å². The van der Waals surface area contributed by atoms with Gasteiger partial charge in [0.25, 0.3) is 0 Å². The number of unbranched alkanes of at least 4 members (excludes halogenated alkanes) is 2. The predicted molar refractivity (Wildman–Crippen MR) is 82.6 cm³/mol. The third kappa shape index (κ3) is 6.71. The molecule has 0 amide bonds. The highest BCUT2D eigenvalue weighted by Crippen LogP contribution is 2.19. The molecule has 0 fully saturated rings. The zero-order chi connectivity index (χ0) is 14.6. The van der Waals surface area contributed by atoms with Crippen molar-refractivity contribution in [2.24, 2.45) is 0 Å². The minimum atomic E-state index is -0.131. The second kappa shape index (κ2) is 10.4. The van der Waals surface area contributed by atoms with E-state index in [9.17, 15) is 4.79 Å². The summed E-state index contributed by atoms with van der Waals surface area (Å²) in [4.78, 5) is 11.1. The molecule has 0 aliphatic carbocycles. The summed E-state index contributed by atoms with van der Waals surface area (Å²) in [5.41, 5.74) is 1.33. The Balaban J connectivity index is 2.40. The molecule has 1 aromatic carbocycles. The van der Waals surface area contributed by atoms with Crippen molar-refractivity contribution < 1.29 is 9.53 Å². The number of rotatable bonds is 10. The molecule has 112 valence electrons. The van der Waals surface area contributed by atoms with Crippen molar-refractivity contribution in [2.75, 3.05) is 13.7 Å². The average molecular weight is 277 g/mol. The lowest BCUT2D eigenvalue weighted by Gasteiger charge is -2.19. The molecule has 1 rings (SSSR count). The van der Waals surface area contributed by atoms with Gasteiger partial charge in [-0.1, -0.05) is 56.5 Å². The van der Waals surface area contributed by atoms with Gasteiger partial charge in [0.1, 0.15) is 0 Å². The highest BCUT2D eigenvalue weighted by atomic mass is 16.5. The third-order valence-corrected chi connectivity index (χ3v) is 3.47. The molecule has 1 unspecified atom stereocenters. The normalized spacial score (nSPS) is 12.1. The second-order valence-corrected chi connectivity index (χ2v) is 5.09. The van der Waals surface area contributed by atoms with Crippen LogP contribution in [0.25, 0.3) is 0 Å². The van der Waals surface area contributed by atoms with Gasteiger partial charge in [-0.05, 0) is 24.9 Å². The standard InChI is InChI=1S/C17H27NO2/c1-3-4-6-12-16(15-10-7-5-8-11-15)18-14-9-13-17(19)20-2/h5,7-8,10-11,16,18H,3-4,6,9,12-14H2,1-2H3. The number of hydrogen-bond acceptors (Lipinski definition) is 3. The Kier molecular flexibility index (Phi) is 8.72. The van der Waals surface area contributed by atoms with Gasteiger partial charge in [0.15, 0.2) is 0 Å². The van der Waals surface area contributed by atoms with Gasteiger partial charge < -0.3 is 10.1 Å². The fourth-order valence-electron chi connectivity index (χ4n) is 2.28. The first-order chi connectivity index (χ1) is 9.77. The van der Waals surface area contributed by atoms with Gasteiger partial charge in [0.05, 0.1) is 7.11 Å². The van der Waals surface area contributed by atoms with E-state index in [0.717, 1.165) is 19.4 Å². The SMILES string of the molecule is CCCCCC(NCCCC(=O)OC)c1ccccc1. The molecular formula is C17H27NO2. The molecule has 0 bridgehead atoms. The summed E-state index contributed by atoms with van der Waals surface area (Å²) >= 11 is 0. The molecule has 3 heteroatoms. The Morgan fingerprint density at radius 3 is 2.60 bits per heavy atom. The first kappa shape index (κ1) is 16.7. The lowest BCUT2D eigenvalue weighted by molar-refractivity contribution is -0.140. The first-order valence-corrected chi connectivity index (χ1v) is 7.63. The van der Waals surface area contributed by atoms with Crippen LogP contribution in [0.3, 0.4) is 0 Å². The van der Waals surface area contributed by atoms with Gasteiger partial charge in [0.2, 0.25) is 0 Å². The lowest BCUT2D eigenvalue weighted by Crippen LogP contribution is -2.23. The maximum Gasteiger partial charge on any atom is 0.305 e. The minimum absolute atomic E-state index is 0.131. The molecule has 0 aliphatic heterocycles. The van der Waals surface area contributed by atoms with Crippen LogP contribution in [0, 0.1) is 0 Å². The number of benzene rings is 1. The van der Waals surface area contributed by atoms with Crippen LogP contribution in [0.15, 0.2) is 30.3 Å². The van der Waals surface area contributed by atoms with Crippen LogP contribution >= 0.6 is 0 Å². The van der Waals surface area contributed by atoms with Crippen LogP contribution < -0.4 is 5.32 Å². The van der Waals surface area contributed by atoms with Crippen molar-refractivity contribution in [1.82, 2.24) is 5.32 Å². The van der Waals surface area contributed by atoms with Gasteiger partial charge >= 0.3 is 5.97 Å². The lowest BCUT2D eigenvalue weighted by atomic mass is 10.0. The highest BCUT2D eigenvalue weighted by Gasteiger charge is 2.10. The van der Waals surface area contributed by atoms with Crippen LogP contribution in [-0.2, 0) is 9.53 Å². The maximum absolute atomic E-state index is 11.1. The van der Waals surface area contributed by atoms with Gasteiger partial charge in [-0.2, -0.15) is 0 Å². The molecule has 1 aromatic rings. The Hall–Kier alpha value is -1.35. The molecule has 0 heterocycles. The summed E-state index contributed by atoms with van der Waals surface area (Å²) in [5.74, 6) is -0.131. The smallest absolute Gasteiger partial charge is 0.305 e. The van der Waals surface area contributed by atoms with E-state index in [1.165, 1.54) is 31.9 Å². The minimum Gasteiger partial charge on any atom is -0.469 e. The van der Waals surface area contributed by atoms with Crippen LogP contribution in [0.5, 0.6) is 0 Å². The fraction of sp³-hybridized carbons (Fsp3) is 0.588. The van der Waals surface area contributed by atoms with Gasteiger partial charge in [-0.3, -0.25) is 4.79 Å². The monoisotopic (exact) mass is 277 g/mol. The zero-order valence-corrected chi connectivity index (χ0v) is 12.7. The number of carbonyl (C=O) groups excluding carboxylic acids is 1. The number of methoxy groups -OCH3 is 1. The van der Waals surface area contributed by atoms with Crippen LogP contribution in [0.2, 0.25) is 0 Å². The van der Waals surface area contributed by atoms with Gasteiger partial charge in [-0.15, -0.1) is 0 Å². The van der Waals surface area contributed by atoms with Crippen molar-refractivity contribution in [3.63, 3.8) is 0 Å². The number of ether oxygens (including phenoxy) is 1. The summed E-state index contributed by atoms with van der Waals surface area (Å²) in [6.45, 7) is 3.07. The molecule has 0 saturated heterocycles. The second-order valence-electron chi connectivity index (χ2n) is 5.09. The molecule has 0 saturated carbocycles.